The summed E-state index contributed by atoms with van der Waals surface area (Å²) in [4.78, 5) is 13.2. The first-order chi connectivity index (χ1) is 11.9. The Morgan fingerprint density at radius 1 is 1.12 bits per heavy atom. The number of benzene rings is 1. The molecule has 25 heavy (non-hydrogen) atoms. The van der Waals surface area contributed by atoms with E-state index in [4.69, 9.17) is 9.47 Å². The number of carbonyl (C=O) groups is 1. The van der Waals surface area contributed by atoms with Crippen LogP contribution in [0.25, 0.3) is 0 Å². The molecule has 0 aliphatic carbocycles. The first-order valence-electron chi connectivity index (χ1n) is 8.07. The van der Waals surface area contributed by atoms with E-state index in [9.17, 15) is 13.2 Å². The Hall–Kier alpha value is -1.84. The smallest absolute Gasteiger partial charge is 0.243 e. The Bertz CT molecular complexity index is 700. The van der Waals surface area contributed by atoms with Crippen LogP contribution < -0.4 is 14.8 Å². The minimum absolute atomic E-state index is 0.0605. The topological polar surface area (TPSA) is 88.2 Å². The number of ether oxygens (including phenoxy) is 2. The number of hydrogen-bond donors (Lipinski definition) is 1. The number of nitrogens with zero attached hydrogens (tertiary/aromatic N) is 2. The third kappa shape index (κ3) is 4.83. The maximum absolute atomic E-state index is 12.8. The van der Waals surface area contributed by atoms with Gasteiger partial charge < -0.3 is 14.8 Å². The molecule has 0 unspecified atom stereocenters. The van der Waals surface area contributed by atoms with Crippen molar-refractivity contribution < 1.29 is 22.7 Å². The number of carbonyl (C=O) groups excluding carboxylic acids is 1. The van der Waals surface area contributed by atoms with E-state index in [0.29, 0.717) is 50.8 Å². The van der Waals surface area contributed by atoms with Crippen molar-refractivity contribution in [2.24, 2.45) is 0 Å². The largest absolute Gasteiger partial charge is 0.493 e. The van der Waals surface area contributed by atoms with Crippen LogP contribution in [0, 0.1) is 0 Å². The highest BCUT2D eigenvalue weighted by Gasteiger charge is 2.29. The van der Waals surface area contributed by atoms with Crippen molar-refractivity contribution >= 4 is 15.9 Å². The molecular weight excluding hydrogens is 346 g/mol. The highest BCUT2D eigenvalue weighted by molar-refractivity contribution is 7.89. The van der Waals surface area contributed by atoms with Crippen LogP contribution in [-0.4, -0.2) is 77.0 Å². The summed E-state index contributed by atoms with van der Waals surface area (Å²) in [6, 6.07) is 4.60. The predicted molar refractivity (Wildman–Crippen MR) is 93.4 cm³/mol. The molecule has 0 saturated carbocycles. The van der Waals surface area contributed by atoms with Crippen molar-refractivity contribution in [3.63, 3.8) is 0 Å². The number of amides is 1. The van der Waals surface area contributed by atoms with E-state index in [2.05, 4.69) is 10.2 Å². The molecule has 1 saturated heterocycles. The first-order valence-corrected chi connectivity index (χ1v) is 9.51. The van der Waals surface area contributed by atoms with Gasteiger partial charge in [0.1, 0.15) is 0 Å². The molecule has 1 aliphatic heterocycles. The van der Waals surface area contributed by atoms with Gasteiger partial charge in [0.25, 0.3) is 0 Å². The van der Waals surface area contributed by atoms with Gasteiger partial charge in [-0.05, 0) is 12.1 Å². The van der Waals surface area contributed by atoms with Gasteiger partial charge in [0, 0.05) is 52.3 Å². The summed E-state index contributed by atoms with van der Waals surface area (Å²) >= 11 is 0. The summed E-state index contributed by atoms with van der Waals surface area (Å²) in [7, 11) is -0.595. The molecule has 8 nitrogen and oxygen atoms in total. The molecule has 1 amide bonds. The second kappa shape index (κ2) is 8.50. The number of piperazine rings is 1. The molecule has 9 heteroatoms. The molecule has 1 heterocycles. The molecule has 0 atom stereocenters. The number of nitrogens with one attached hydrogen (secondary N) is 1. The van der Waals surface area contributed by atoms with Crippen molar-refractivity contribution in [1.82, 2.24) is 14.5 Å². The highest BCUT2D eigenvalue weighted by Crippen LogP contribution is 2.30. The zero-order valence-electron chi connectivity index (χ0n) is 14.8. The number of sulfonamides is 1. The van der Waals surface area contributed by atoms with Crippen molar-refractivity contribution in [2.75, 3.05) is 53.5 Å². The standard InChI is InChI=1S/C16H25N3O5S/c1-13(20)17-6-7-18-8-10-19(11-9-18)25(21,22)14-4-5-15(23-2)16(12-14)24-3/h4-5,12H,6-11H2,1-3H3,(H,17,20). The number of methoxy groups -OCH3 is 2. The number of hydrogen-bond acceptors (Lipinski definition) is 6. The molecule has 2 rings (SSSR count). The van der Waals surface area contributed by atoms with Crippen LogP contribution in [-0.2, 0) is 14.8 Å². The maximum atomic E-state index is 12.8. The molecule has 0 aromatic heterocycles. The van der Waals surface area contributed by atoms with Gasteiger partial charge in [-0.2, -0.15) is 4.31 Å². The predicted octanol–water partition coefficient (Wildman–Crippen LogP) is 0.146. The van der Waals surface area contributed by atoms with Gasteiger partial charge in [-0.25, -0.2) is 8.42 Å². The molecule has 1 aromatic carbocycles. The molecule has 1 aliphatic rings. The van der Waals surface area contributed by atoms with E-state index in [0.717, 1.165) is 0 Å². The van der Waals surface area contributed by atoms with Crippen molar-refractivity contribution in [2.45, 2.75) is 11.8 Å². The lowest BCUT2D eigenvalue weighted by Gasteiger charge is -2.34. The molecule has 0 spiro atoms. The van der Waals surface area contributed by atoms with Crippen LogP contribution in [0.3, 0.4) is 0 Å². The molecule has 0 bridgehead atoms. The van der Waals surface area contributed by atoms with E-state index in [-0.39, 0.29) is 10.8 Å². The van der Waals surface area contributed by atoms with Crippen LogP contribution >= 0.6 is 0 Å². The van der Waals surface area contributed by atoms with Gasteiger partial charge in [-0.3, -0.25) is 9.69 Å². The molecule has 1 fully saturated rings. The van der Waals surface area contributed by atoms with Crippen molar-refractivity contribution in [3.8, 4) is 11.5 Å². The summed E-state index contributed by atoms with van der Waals surface area (Å²) in [6.07, 6.45) is 0. The lowest BCUT2D eigenvalue weighted by atomic mass is 10.3. The quantitative estimate of drug-likeness (QED) is 0.734. The van der Waals surface area contributed by atoms with Crippen LogP contribution in [0.1, 0.15) is 6.92 Å². The third-order valence-electron chi connectivity index (χ3n) is 4.13. The van der Waals surface area contributed by atoms with Gasteiger partial charge in [0.05, 0.1) is 19.1 Å². The Balaban J connectivity index is 2.01. The minimum Gasteiger partial charge on any atom is -0.493 e. The van der Waals surface area contributed by atoms with E-state index in [1.165, 1.54) is 37.6 Å². The van der Waals surface area contributed by atoms with Gasteiger partial charge in [0.2, 0.25) is 15.9 Å². The van der Waals surface area contributed by atoms with E-state index >= 15 is 0 Å². The second-order valence-electron chi connectivity index (χ2n) is 5.75. The molecule has 1 N–H and O–H groups in total. The van der Waals surface area contributed by atoms with Crippen LogP contribution in [0.2, 0.25) is 0 Å². The fourth-order valence-electron chi connectivity index (χ4n) is 2.71. The summed E-state index contributed by atoms with van der Waals surface area (Å²) in [5, 5.41) is 2.75. The Morgan fingerprint density at radius 3 is 2.32 bits per heavy atom. The van der Waals surface area contributed by atoms with Gasteiger partial charge in [0.15, 0.2) is 11.5 Å². The fourth-order valence-corrected chi connectivity index (χ4v) is 4.15. The zero-order valence-corrected chi connectivity index (χ0v) is 15.6. The Labute approximate surface area is 148 Å². The fraction of sp³-hybridized carbons (Fsp3) is 0.562. The van der Waals surface area contributed by atoms with Gasteiger partial charge >= 0.3 is 0 Å². The minimum atomic E-state index is -3.58. The Kier molecular flexibility index (Phi) is 6.63. The summed E-state index contributed by atoms with van der Waals surface area (Å²) in [5.74, 6) is 0.816. The zero-order chi connectivity index (χ0) is 18.4. The van der Waals surface area contributed by atoms with E-state index in [1.807, 2.05) is 0 Å². The first kappa shape index (κ1) is 19.5. The summed E-state index contributed by atoms with van der Waals surface area (Å²) < 4.78 is 37.5. The normalized spacial score (nSPS) is 16.4. The maximum Gasteiger partial charge on any atom is 0.243 e. The summed E-state index contributed by atoms with van der Waals surface area (Å²) in [5.41, 5.74) is 0. The van der Waals surface area contributed by atoms with Crippen LogP contribution in [0.5, 0.6) is 11.5 Å². The monoisotopic (exact) mass is 371 g/mol. The summed E-state index contributed by atoms with van der Waals surface area (Å²) in [6.45, 7) is 4.85. The van der Waals surface area contributed by atoms with Gasteiger partial charge in [-0.1, -0.05) is 0 Å². The second-order valence-corrected chi connectivity index (χ2v) is 7.68. The van der Waals surface area contributed by atoms with E-state index < -0.39 is 10.0 Å². The average Bonchev–Trinajstić information content (AvgIpc) is 2.61. The van der Waals surface area contributed by atoms with Crippen molar-refractivity contribution in [1.29, 1.82) is 0 Å². The molecular formula is C16H25N3O5S. The highest BCUT2D eigenvalue weighted by atomic mass is 32.2. The number of rotatable bonds is 7. The average molecular weight is 371 g/mol. The lowest BCUT2D eigenvalue weighted by molar-refractivity contribution is -0.119. The molecule has 140 valence electrons. The van der Waals surface area contributed by atoms with Crippen molar-refractivity contribution in [3.05, 3.63) is 18.2 Å². The molecule has 1 aromatic rings. The van der Waals surface area contributed by atoms with Gasteiger partial charge in [-0.15, -0.1) is 0 Å². The lowest BCUT2D eigenvalue weighted by Crippen LogP contribution is -2.50. The SMILES string of the molecule is COc1ccc(S(=O)(=O)N2CCN(CCNC(C)=O)CC2)cc1OC. The van der Waals surface area contributed by atoms with Crippen LogP contribution in [0.15, 0.2) is 23.1 Å². The Morgan fingerprint density at radius 2 is 1.76 bits per heavy atom. The third-order valence-corrected chi connectivity index (χ3v) is 6.02. The molecule has 0 radical (unpaired) electrons. The van der Waals surface area contributed by atoms with Crippen LogP contribution in [0.4, 0.5) is 0 Å². The van der Waals surface area contributed by atoms with E-state index in [1.54, 1.807) is 6.07 Å².